The third kappa shape index (κ3) is 5.23. The maximum atomic E-state index is 6.42. The summed E-state index contributed by atoms with van der Waals surface area (Å²) in [6.45, 7) is 6.04. The van der Waals surface area contributed by atoms with E-state index in [4.69, 9.17) is 10.5 Å². The molecule has 1 aliphatic rings. The Morgan fingerprint density at radius 2 is 1.70 bits per heavy atom. The molecule has 0 aromatic carbocycles. The summed E-state index contributed by atoms with van der Waals surface area (Å²) in [5.74, 6) is 1.46. The second-order valence-electron chi connectivity index (χ2n) is 7.02. The highest BCUT2D eigenvalue weighted by Gasteiger charge is 2.26. The molecule has 23 heavy (non-hydrogen) atoms. The minimum absolute atomic E-state index is 0.351. The molecule has 4 nitrogen and oxygen atoms in total. The molecule has 1 unspecified atom stereocenters. The zero-order valence-corrected chi connectivity index (χ0v) is 15.1. The van der Waals surface area contributed by atoms with Crippen LogP contribution in [0, 0.1) is 0 Å². The van der Waals surface area contributed by atoms with Gasteiger partial charge in [0.25, 0.3) is 0 Å². The van der Waals surface area contributed by atoms with Gasteiger partial charge in [-0.2, -0.15) is 5.10 Å². The summed E-state index contributed by atoms with van der Waals surface area (Å²) < 4.78 is 7.27. The van der Waals surface area contributed by atoms with Gasteiger partial charge in [0, 0.05) is 5.56 Å². The number of ether oxygens (including phenoxy) is 1. The van der Waals surface area contributed by atoms with Gasteiger partial charge in [0.05, 0.1) is 19.4 Å². The highest BCUT2D eigenvalue weighted by Crippen LogP contribution is 2.34. The molecule has 1 fully saturated rings. The molecule has 2 heterocycles. The Kier molecular flexibility index (Phi) is 7.93. The highest BCUT2D eigenvalue weighted by molar-refractivity contribution is 5.42. The summed E-state index contributed by atoms with van der Waals surface area (Å²) in [5, 5.41) is 4.56. The van der Waals surface area contributed by atoms with E-state index in [1.165, 1.54) is 69.8 Å². The first-order valence-corrected chi connectivity index (χ1v) is 9.68. The van der Waals surface area contributed by atoms with Crippen LogP contribution in [-0.2, 0) is 4.74 Å². The summed E-state index contributed by atoms with van der Waals surface area (Å²) in [6, 6.07) is 0.351. The quantitative estimate of drug-likeness (QED) is 0.547. The monoisotopic (exact) mass is 321 g/mol. The Bertz CT molecular complexity index is 440. The maximum absolute atomic E-state index is 6.42. The van der Waals surface area contributed by atoms with Crippen molar-refractivity contribution in [2.75, 3.05) is 18.9 Å². The first-order valence-electron chi connectivity index (χ1n) is 9.68. The topological polar surface area (TPSA) is 53.1 Å². The van der Waals surface area contributed by atoms with E-state index >= 15 is 0 Å². The lowest BCUT2D eigenvalue weighted by atomic mass is 9.89. The number of anilines is 1. The summed E-state index contributed by atoms with van der Waals surface area (Å²) >= 11 is 0. The van der Waals surface area contributed by atoms with Crippen LogP contribution in [0.1, 0.15) is 95.6 Å². The van der Waals surface area contributed by atoms with Gasteiger partial charge in [0.2, 0.25) is 0 Å². The average Bonchev–Trinajstić information content (AvgIpc) is 2.86. The lowest BCUT2D eigenvalue weighted by Crippen LogP contribution is -2.32. The zero-order chi connectivity index (χ0) is 16.5. The molecule has 1 saturated heterocycles. The third-order valence-electron chi connectivity index (χ3n) is 5.08. The molecule has 1 aromatic heterocycles. The second kappa shape index (κ2) is 9.96. The molecule has 1 atom stereocenters. The van der Waals surface area contributed by atoms with E-state index in [2.05, 4.69) is 18.9 Å². The molecule has 132 valence electrons. The number of hydrogen-bond acceptors (Lipinski definition) is 3. The van der Waals surface area contributed by atoms with E-state index in [0.717, 1.165) is 19.0 Å². The molecule has 2 N–H and O–H groups in total. The van der Waals surface area contributed by atoms with Crippen LogP contribution in [0.25, 0.3) is 0 Å². The first-order chi connectivity index (χ1) is 11.3. The lowest BCUT2D eigenvalue weighted by molar-refractivity contribution is -0.0276. The van der Waals surface area contributed by atoms with Crippen LogP contribution in [0.5, 0.6) is 0 Å². The van der Waals surface area contributed by atoms with Crippen molar-refractivity contribution in [3.63, 3.8) is 0 Å². The summed E-state index contributed by atoms with van der Waals surface area (Å²) in [6.07, 6.45) is 15.1. The molecule has 0 spiro atoms. The predicted molar refractivity (Wildman–Crippen MR) is 96.8 cm³/mol. The maximum Gasteiger partial charge on any atom is 0.125 e. The molecule has 0 aliphatic carbocycles. The zero-order valence-electron chi connectivity index (χ0n) is 15.1. The van der Waals surface area contributed by atoms with Crippen molar-refractivity contribution >= 4 is 5.82 Å². The van der Waals surface area contributed by atoms with E-state index in [0.29, 0.717) is 12.0 Å². The van der Waals surface area contributed by atoms with Crippen molar-refractivity contribution < 1.29 is 4.74 Å². The first kappa shape index (κ1) is 18.3. The largest absolute Gasteiger partial charge is 0.384 e. The summed E-state index contributed by atoms with van der Waals surface area (Å²) in [7, 11) is 0. The fourth-order valence-corrected chi connectivity index (χ4v) is 3.45. The third-order valence-corrected chi connectivity index (χ3v) is 5.08. The van der Waals surface area contributed by atoms with Gasteiger partial charge >= 0.3 is 0 Å². The number of nitrogens with zero attached hydrogens (tertiary/aromatic N) is 2. The van der Waals surface area contributed by atoms with Crippen LogP contribution in [0.3, 0.4) is 0 Å². The normalized spacial score (nSPS) is 16.4. The van der Waals surface area contributed by atoms with Crippen molar-refractivity contribution in [2.24, 2.45) is 0 Å². The van der Waals surface area contributed by atoms with Crippen molar-refractivity contribution in [3.8, 4) is 0 Å². The van der Waals surface area contributed by atoms with Gasteiger partial charge in [-0.25, -0.2) is 4.68 Å². The van der Waals surface area contributed by atoms with E-state index < -0.39 is 0 Å². The Morgan fingerprint density at radius 3 is 2.30 bits per heavy atom. The van der Waals surface area contributed by atoms with E-state index in [1.54, 1.807) is 0 Å². The molecule has 1 aromatic rings. The number of hydrogen-bond donors (Lipinski definition) is 1. The van der Waals surface area contributed by atoms with Gasteiger partial charge in [-0.05, 0) is 18.8 Å². The van der Waals surface area contributed by atoms with Crippen LogP contribution in [-0.4, -0.2) is 23.0 Å². The van der Waals surface area contributed by atoms with Crippen LogP contribution in [0.15, 0.2) is 6.20 Å². The molecule has 0 bridgehead atoms. The van der Waals surface area contributed by atoms with Gasteiger partial charge < -0.3 is 10.5 Å². The number of nitrogen functional groups attached to an aromatic ring is 1. The minimum atomic E-state index is 0.351. The number of aromatic nitrogens is 2. The smallest absolute Gasteiger partial charge is 0.125 e. The highest BCUT2D eigenvalue weighted by atomic mass is 16.5. The predicted octanol–water partition coefficient (Wildman–Crippen LogP) is 5.06. The van der Waals surface area contributed by atoms with Gasteiger partial charge in [0.15, 0.2) is 0 Å². The van der Waals surface area contributed by atoms with E-state index in [-0.39, 0.29) is 0 Å². The van der Waals surface area contributed by atoms with Crippen molar-refractivity contribution in [2.45, 2.75) is 90.0 Å². The fourth-order valence-electron chi connectivity index (χ4n) is 3.45. The van der Waals surface area contributed by atoms with Crippen LogP contribution in [0.4, 0.5) is 5.82 Å². The van der Waals surface area contributed by atoms with Crippen LogP contribution in [0.2, 0.25) is 0 Å². The molecule has 0 amide bonds. The van der Waals surface area contributed by atoms with Gasteiger partial charge in [-0.15, -0.1) is 0 Å². The van der Waals surface area contributed by atoms with Crippen LogP contribution < -0.4 is 5.73 Å². The standard InChI is InChI=1S/C19H35N3O/c1-3-5-7-8-10-12-16(11-9-6-4-2)18-13-21-22(19(18)20)17-14-23-15-17/h13,16-17H,3-12,14-15,20H2,1-2H3. The van der Waals surface area contributed by atoms with Crippen molar-refractivity contribution in [1.29, 1.82) is 0 Å². The molecule has 0 saturated carbocycles. The second-order valence-corrected chi connectivity index (χ2v) is 7.02. The Hall–Kier alpha value is -1.03. The molecule has 2 rings (SSSR count). The van der Waals surface area contributed by atoms with E-state index in [1.807, 2.05) is 10.9 Å². The molecular formula is C19H35N3O. The van der Waals surface area contributed by atoms with E-state index in [9.17, 15) is 0 Å². The average molecular weight is 322 g/mol. The SMILES string of the molecule is CCCCCCCC(CCCCC)c1cnn(C2COC2)c1N. The molecule has 4 heteroatoms. The number of unbranched alkanes of at least 4 members (excludes halogenated alkanes) is 6. The van der Waals surface area contributed by atoms with Gasteiger partial charge in [-0.1, -0.05) is 65.2 Å². The Morgan fingerprint density at radius 1 is 1.09 bits per heavy atom. The van der Waals surface area contributed by atoms with Crippen LogP contribution >= 0.6 is 0 Å². The summed E-state index contributed by atoms with van der Waals surface area (Å²) in [5.41, 5.74) is 7.70. The summed E-state index contributed by atoms with van der Waals surface area (Å²) in [4.78, 5) is 0. The fraction of sp³-hybridized carbons (Fsp3) is 0.842. The number of rotatable bonds is 12. The molecule has 0 radical (unpaired) electrons. The Balaban J connectivity index is 1.93. The van der Waals surface area contributed by atoms with Gasteiger partial charge in [-0.3, -0.25) is 0 Å². The van der Waals surface area contributed by atoms with Gasteiger partial charge in [0.1, 0.15) is 11.9 Å². The van der Waals surface area contributed by atoms with Crippen molar-refractivity contribution in [1.82, 2.24) is 9.78 Å². The lowest BCUT2D eigenvalue weighted by Gasteiger charge is -2.27. The molecular weight excluding hydrogens is 286 g/mol. The minimum Gasteiger partial charge on any atom is -0.384 e. The molecule has 1 aliphatic heterocycles. The number of nitrogens with two attached hydrogens (primary N) is 1. The Labute approximate surface area is 141 Å². The van der Waals surface area contributed by atoms with Crippen molar-refractivity contribution in [3.05, 3.63) is 11.8 Å².